The van der Waals surface area contributed by atoms with Crippen molar-refractivity contribution in [1.29, 1.82) is 0 Å². The number of carbonyl (C=O) groups is 6. The molecule has 5 aliphatic rings. The highest BCUT2D eigenvalue weighted by atomic mass is 16.7. The highest BCUT2D eigenvalue weighted by molar-refractivity contribution is 6.32. The van der Waals surface area contributed by atoms with Crippen LogP contribution in [0.4, 0.5) is 0 Å². The number of Topliss-reactive ketones (excluding diaryl/α,β-unsaturated/α-hetero) is 2. The minimum absolute atomic E-state index is 0.00456. The van der Waals surface area contributed by atoms with Gasteiger partial charge in [0.15, 0.2) is 29.4 Å². The number of phenols is 4. The Bertz CT molecular complexity index is 2860. The Kier molecular flexibility index (Phi) is 12.3. The van der Waals surface area contributed by atoms with E-state index in [0.717, 1.165) is 0 Å². The Morgan fingerprint density at radius 3 is 1.68 bits per heavy atom. The van der Waals surface area contributed by atoms with Gasteiger partial charge in [0.05, 0.1) is 65.9 Å². The van der Waals surface area contributed by atoms with Crippen LogP contribution >= 0.6 is 0 Å². The van der Waals surface area contributed by atoms with E-state index in [0.29, 0.717) is 0 Å². The molecule has 20 nitrogen and oxygen atoms in total. The van der Waals surface area contributed by atoms with Crippen molar-refractivity contribution in [2.45, 2.75) is 87.3 Å². The van der Waals surface area contributed by atoms with Gasteiger partial charge in [0.25, 0.3) is 0 Å². The zero-order chi connectivity index (χ0) is 49.5. The molecule has 358 valence electrons. The molecule has 4 aromatic rings. The first-order valence-electron chi connectivity index (χ1n) is 21.4. The summed E-state index contributed by atoms with van der Waals surface area (Å²) in [5.74, 6) is -6.77. The van der Waals surface area contributed by atoms with Gasteiger partial charge in [-0.25, -0.2) is 0 Å². The smallest absolute Gasteiger partial charge is 0.202 e. The molecular formula is C48H47NO19. The van der Waals surface area contributed by atoms with E-state index in [9.17, 15) is 69.6 Å². The summed E-state index contributed by atoms with van der Waals surface area (Å²) in [6.45, 7) is -0.321. The number of ether oxygens (including phenoxy) is 4. The molecule has 68 heavy (non-hydrogen) atoms. The number of methoxy groups -OCH3 is 2. The van der Waals surface area contributed by atoms with Gasteiger partial charge in [-0.15, -0.1) is 0 Å². The normalized spacial score (nSPS) is 25.6. The van der Waals surface area contributed by atoms with Crippen molar-refractivity contribution in [3.05, 3.63) is 103 Å². The lowest BCUT2D eigenvalue weighted by atomic mass is 9.72. The lowest BCUT2D eigenvalue weighted by Crippen LogP contribution is -2.53. The van der Waals surface area contributed by atoms with Crippen LogP contribution in [0.3, 0.4) is 0 Å². The third-order valence-corrected chi connectivity index (χ3v) is 13.6. The minimum atomic E-state index is -2.24. The first-order chi connectivity index (χ1) is 32.2. The number of carbonyl (C=O) groups excluding carboxylic acids is 6. The highest BCUT2D eigenvalue weighted by Crippen LogP contribution is 2.53. The maximum atomic E-state index is 13.6. The molecule has 20 heteroatoms. The number of fused-ring (bicyclic) bond motifs is 6. The van der Waals surface area contributed by atoms with E-state index in [1.54, 1.807) is 6.92 Å². The number of rotatable bonds is 8. The van der Waals surface area contributed by atoms with Gasteiger partial charge in [-0.2, -0.15) is 0 Å². The fourth-order valence-electron chi connectivity index (χ4n) is 9.96. The number of aliphatic hydroxyl groups excluding tert-OH is 3. The van der Waals surface area contributed by atoms with Gasteiger partial charge in [-0.1, -0.05) is 24.3 Å². The molecule has 0 saturated carbocycles. The molecule has 9 rings (SSSR count). The number of benzene rings is 4. The number of nitrogens with two attached hydrogens (primary N) is 1. The van der Waals surface area contributed by atoms with Crippen molar-refractivity contribution >= 4 is 34.7 Å². The Balaban J connectivity index is 0.000000192. The summed E-state index contributed by atoms with van der Waals surface area (Å²) in [5.41, 5.74) is -0.00384. The van der Waals surface area contributed by atoms with Crippen LogP contribution in [0.1, 0.15) is 118 Å². The summed E-state index contributed by atoms with van der Waals surface area (Å²) in [5, 5.41) is 95.0. The molecule has 1 fully saturated rings. The SMILES string of the molecule is COc1cccc2c1C(=O)c1c(O)c3c(c(O)c1C2=O)C[C@@](O)(C(=O)CO)CC3.COc1cccc2c1C(=O)c1c(O)c3c(c(O)c1C2=O)C[C@@](O)(C(=O)CO)C[C@@H]3O[C@H]1C[C@H](N)[C@H](O)[C@H](C)O1. The van der Waals surface area contributed by atoms with Gasteiger partial charge >= 0.3 is 0 Å². The van der Waals surface area contributed by atoms with Crippen molar-refractivity contribution in [2.24, 2.45) is 5.73 Å². The maximum absolute atomic E-state index is 13.6. The largest absolute Gasteiger partial charge is 0.507 e. The number of ketones is 6. The van der Waals surface area contributed by atoms with Crippen LogP contribution in [0.25, 0.3) is 0 Å². The molecule has 0 amide bonds. The molecule has 0 radical (unpaired) electrons. The molecule has 11 N–H and O–H groups in total. The van der Waals surface area contributed by atoms with E-state index in [1.807, 2.05) is 0 Å². The molecule has 0 unspecified atom stereocenters. The van der Waals surface area contributed by atoms with E-state index < -0.39 is 137 Å². The third kappa shape index (κ3) is 7.31. The second-order valence-electron chi connectivity index (χ2n) is 17.4. The molecule has 0 spiro atoms. The lowest BCUT2D eigenvalue weighted by Gasteiger charge is -2.42. The molecule has 1 aliphatic heterocycles. The zero-order valence-corrected chi connectivity index (χ0v) is 36.7. The maximum Gasteiger partial charge on any atom is 0.202 e. The fourth-order valence-corrected chi connectivity index (χ4v) is 9.96. The van der Waals surface area contributed by atoms with Gasteiger partial charge < -0.3 is 70.6 Å². The topological polar surface area (TPSA) is 347 Å². The average molecular weight is 942 g/mol. The molecule has 4 aliphatic carbocycles. The summed E-state index contributed by atoms with van der Waals surface area (Å²) in [4.78, 5) is 77.9. The van der Waals surface area contributed by atoms with E-state index in [2.05, 4.69) is 0 Å². The second kappa shape index (κ2) is 17.5. The van der Waals surface area contributed by atoms with E-state index in [4.69, 9.17) is 29.8 Å². The lowest BCUT2D eigenvalue weighted by molar-refractivity contribution is -0.247. The van der Waals surface area contributed by atoms with Gasteiger partial charge in [-0.05, 0) is 31.9 Å². The Labute approximate surface area is 385 Å². The van der Waals surface area contributed by atoms with Gasteiger partial charge in [0.2, 0.25) is 11.6 Å². The zero-order valence-electron chi connectivity index (χ0n) is 36.7. The summed E-state index contributed by atoms with van der Waals surface area (Å²) in [6, 6.07) is 8.10. The Morgan fingerprint density at radius 2 is 1.16 bits per heavy atom. The van der Waals surface area contributed by atoms with Gasteiger partial charge in [-0.3, -0.25) is 28.8 Å². The number of aliphatic hydroxyl groups is 5. The van der Waals surface area contributed by atoms with Crippen LogP contribution in [-0.2, 0) is 38.3 Å². The Morgan fingerprint density at radius 1 is 0.691 bits per heavy atom. The van der Waals surface area contributed by atoms with E-state index in [-0.39, 0.29) is 92.8 Å². The highest BCUT2D eigenvalue weighted by Gasteiger charge is 2.51. The predicted molar refractivity (Wildman–Crippen MR) is 230 cm³/mol. The van der Waals surface area contributed by atoms with Crippen molar-refractivity contribution in [2.75, 3.05) is 27.4 Å². The van der Waals surface area contributed by atoms with E-state index in [1.165, 1.54) is 50.6 Å². The Hall–Kier alpha value is -6.62. The van der Waals surface area contributed by atoms with Crippen LogP contribution in [0.15, 0.2) is 36.4 Å². The van der Waals surface area contributed by atoms with Crippen molar-refractivity contribution in [1.82, 2.24) is 0 Å². The van der Waals surface area contributed by atoms with Crippen LogP contribution in [0.5, 0.6) is 34.5 Å². The monoisotopic (exact) mass is 941 g/mol. The van der Waals surface area contributed by atoms with Crippen molar-refractivity contribution < 1.29 is 93.7 Å². The van der Waals surface area contributed by atoms with Gasteiger partial charge in [0.1, 0.15) is 58.9 Å². The van der Waals surface area contributed by atoms with Crippen molar-refractivity contribution in [3.63, 3.8) is 0 Å². The van der Waals surface area contributed by atoms with Gasteiger partial charge in [0, 0.05) is 65.1 Å². The first-order valence-corrected chi connectivity index (χ1v) is 21.4. The first kappa shape index (κ1) is 47.9. The summed E-state index contributed by atoms with van der Waals surface area (Å²) in [6.07, 6.45) is -5.64. The van der Waals surface area contributed by atoms with Crippen LogP contribution in [-0.4, -0.2) is 144 Å². The predicted octanol–water partition coefficient (Wildman–Crippen LogP) is 0.664. The number of phenolic OH excluding ortho intramolecular Hbond substituents is 4. The summed E-state index contributed by atoms with van der Waals surface area (Å²) >= 11 is 0. The molecule has 1 heterocycles. The average Bonchev–Trinajstić information content (AvgIpc) is 3.32. The van der Waals surface area contributed by atoms with Crippen molar-refractivity contribution in [3.8, 4) is 34.5 Å². The number of hydrogen-bond donors (Lipinski definition) is 10. The molecule has 7 atom stereocenters. The second-order valence-corrected chi connectivity index (χ2v) is 17.4. The number of aromatic hydroxyl groups is 4. The molecular weight excluding hydrogens is 895 g/mol. The number of hydrogen-bond acceptors (Lipinski definition) is 20. The molecule has 0 aromatic heterocycles. The summed E-state index contributed by atoms with van der Waals surface area (Å²) in [7, 11) is 2.68. The van der Waals surface area contributed by atoms with Crippen LogP contribution in [0, 0.1) is 0 Å². The molecule has 0 bridgehead atoms. The fraction of sp³-hybridized carbons (Fsp3) is 0.375. The van der Waals surface area contributed by atoms with Crippen LogP contribution in [0.2, 0.25) is 0 Å². The summed E-state index contributed by atoms with van der Waals surface area (Å²) < 4.78 is 22.2. The standard InChI is InChI=1S/C27H29NO11.C21H18O8/c1-10-22(31)13(28)6-17(38-10)39-15-8-27(36,16(30)9-29)7-12-19(15)26(35)21-20(24(12)33)23(32)11-4-3-5-14(37-2)18(11)25(21)34;1-29-12-4-2-3-10-14(12)20(27)16-15(18(10)25)19(26)11-7-21(28,13(23)8-22)6-5-9(11)17(16)24/h3-5,10,13,15,17,22,29,31,33,35-36H,6-9,28H2,1-2H3;2-4,22,24,26,28H,5-8H2,1H3/t10-,13-,15-,17-,22+,27-;21-/m01/s1. The quantitative estimate of drug-likeness (QED) is 0.0937. The molecule has 1 saturated heterocycles. The minimum Gasteiger partial charge on any atom is -0.507 e. The molecule has 4 aromatic carbocycles. The third-order valence-electron chi connectivity index (χ3n) is 13.6. The van der Waals surface area contributed by atoms with E-state index >= 15 is 0 Å². The van der Waals surface area contributed by atoms with Crippen LogP contribution < -0.4 is 15.2 Å².